The zero-order valence-electron chi connectivity index (χ0n) is 21.3. The molecule has 0 saturated carbocycles. The number of nitrogens with one attached hydrogen (secondary N) is 1. The number of rotatable bonds is 6. The van der Waals surface area contributed by atoms with Gasteiger partial charge in [0.2, 0.25) is 5.91 Å². The predicted molar refractivity (Wildman–Crippen MR) is 141 cm³/mol. The highest BCUT2D eigenvalue weighted by Crippen LogP contribution is 2.42. The van der Waals surface area contributed by atoms with Gasteiger partial charge >= 0.3 is 12.1 Å². The highest BCUT2D eigenvalue weighted by molar-refractivity contribution is 8.14. The van der Waals surface area contributed by atoms with Crippen molar-refractivity contribution in [1.29, 1.82) is 5.26 Å². The summed E-state index contributed by atoms with van der Waals surface area (Å²) >= 11 is 1.22. The Bertz CT molecular complexity index is 1280. The Hall–Kier alpha value is -3.58. The highest BCUT2D eigenvalue weighted by atomic mass is 32.2. The first-order valence-corrected chi connectivity index (χ1v) is 13.0. The van der Waals surface area contributed by atoms with Gasteiger partial charge in [0.05, 0.1) is 40.2 Å². The summed E-state index contributed by atoms with van der Waals surface area (Å²) in [7, 11) is 1.52. The molecule has 0 aromatic heterocycles. The minimum Gasteiger partial charge on any atom is -0.463 e. The molecule has 0 fully saturated rings. The monoisotopic (exact) mass is 543 g/mol. The molecule has 2 aromatic rings. The second kappa shape index (κ2) is 12.8. The zero-order chi connectivity index (χ0) is 27.9. The molecule has 1 aliphatic rings. The first kappa shape index (κ1) is 29.0. The first-order valence-electron chi connectivity index (χ1n) is 12.0. The Kier molecular flexibility index (Phi) is 9.75. The predicted octanol–water partition coefficient (Wildman–Crippen LogP) is 5.95. The molecule has 0 bridgehead atoms. The molecule has 2 aromatic carbocycles. The molecule has 1 amide bonds. The fourth-order valence-electron chi connectivity index (χ4n) is 4.30. The second-order valence-corrected chi connectivity index (χ2v) is 9.70. The van der Waals surface area contributed by atoms with Gasteiger partial charge in [-0.25, -0.2) is 4.79 Å². The molecule has 2 atom stereocenters. The molecule has 200 valence electrons. The molecule has 1 N–H and O–H groups in total. The zero-order valence-corrected chi connectivity index (χ0v) is 22.1. The lowest BCUT2D eigenvalue weighted by atomic mass is 9.81. The van der Waals surface area contributed by atoms with Crippen LogP contribution in [0, 0.1) is 11.3 Å². The van der Waals surface area contributed by atoms with Crippen LogP contribution in [0.2, 0.25) is 0 Å². The number of nitrogens with zero attached hydrogens (tertiary/aromatic N) is 2. The lowest BCUT2D eigenvalue weighted by Crippen LogP contribution is -2.23. The van der Waals surface area contributed by atoms with E-state index in [1.165, 1.54) is 24.9 Å². The highest BCUT2D eigenvalue weighted by Gasteiger charge is 2.34. The molecule has 1 aliphatic heterocycles. The van der Waals surface area contributed by atoms with E-state index in [2.05, 4.69) is 11.4 Å². The third-order valence-corrected chi connectivity index (χ3v) is 7.31. The number of carbonyl (C=O) groups excluding carboxylic acids is 2. The van der Waals surface area contributed by atoms with Gasteiger partial charge in [-0.05, 0) is 56.0 Å². The fourth-order valence-corrected chi connectivity index (χ4v) is 5.19. The van der Waals surface area contributed by atoms with E-state index < -0.39 is 29.7 Å². The Morgan fingerprint density at radius 1 is 1.18 bits per heavy atom. The van der Waals surface area contributed by atoms with Crippen molar-refractivity contribution >= 4 is 28.7 Å². The number of allylic oxidation sites excluding steroid dienone is 1. The number of thioether (sulfide) groups is 1. The number of hydrogen-bond donors (Lipinski definition) is 1. The number of benzene rings is 2. The third-order valence-electron chi connectivity index (χ3n) is 6.26. The van der Waals surface area contributed by atoms with Gasteiger partial charge in [0.25, 0.3) is 0 Å². The number of aliphatic imine (C=N–C) groups is 1. The molecule has 0 aliphatic carbocycles. The van der Waals surface area contributed by atoms with Crippen LogP contribution in [-0.4, -0.2) is 36.3 Å². The lowest BCUT2D eigenvalue weighted by molar-refractivity contribution is -0.139. The van der Waals surface area contributed by atoms with Crippen LogP contribution in [0.4, 0.5) is 13.2 Å². The summed E-state index contributed by atoms with van der Waals surface area (Å²) in [4.78, 5) is 30.2. The Morgan fingerprint density at radius 3 is 2.50 bits per heavy atom. The van der Waals surface area contributed by atoms with Crippen molar-refractivity contribution in [3.05, 3.63) is 81.9 Å². The number of nitriles is 1. The van der Waals surface area contributed by atoms with Crippen LogP contribution in [0.1, 0.15) is 60.9 Å². The van der Waals surface area contributed by atoms with Gasteiger partial charge in [-0.15, -0.1) is 11.8 Å². The number of esters is 1. The van der Waals surface area contributed by atoms with Crippen LogP contribution < -0.4 is 5.32 Å². The molecular weight excluding hydrogens is 515 g/mol. The van der Waals surface area contributed by atoms with Gasteiger partial charge in [-0.3, -0.25) is 9.79 Å². The van der Waals surface area contributed by atoms with Crippen molar-refractivity contribution in [1.82, 2.24) is 5.32 Å². The van der Waals surface area contributed by atoms with Crippen molar-refractivity contribution in [2.24, 2.45) is 4.99 Å². The van der Waals surface area contributed by atoms with Crippen molar-refractivity contribution in [3.8, 4) is 6.07 Å². The van der Waals surface area contributed by atoms with Crippen LogP contribution >= 0.6 is 11.8 Å². The minimum absolute atomic E-state index is 0.0983. The van der Waals surface area contributed by atoms with E-state index in [1.54, 1.807) is 44.2 Å². The fraction of sp³-hybridized carbons (Fsp3) is 0.357. The maximum atomic E-state index is 13.5. The lowest BCUT2D eigenvalue weighted by Gasteiger charge is -2.28. The smallest absolute Gasteiger partial charge is 0.416 e. The number of alkyl halides is 3. The molecule has 10 heteroatoms. The third kappa shape index (κ3) is 7.04. The molecule has 0 spiro atoms. The Labute approximate surface area is 224 Å². The number of amides is 1. The van der Waals surface area contributed by atoms with E-state index >= 15 is 0 Å². The van der Waals surface area contributed by atoms with E-state index in [0.717, 1.165) is 12.1 Å². The molecular formula is C28H28F3N3O3S. The van der Waals surface area contributed by atoms with E-state index in [1.807, 2.05) is 0 Å². The standard InChI is InChI=1S/C28H28F3N3O3S/c1-4-37-27(36)25-17(2)22(20-6-5-7-21(14-20)28(29,30)31)12-13-24(38-16-23(35)33-3)34-26(25)19-10-8-18(15-32)9-11-19/h5-11,14,22,26H,4,12-13,16H2,1-3H3,(H,33,35). The maximum Gasteiger partial charge on any atom is 0.416 e. The molecule has 6 nitrogen and oxygen atoms in total. The second-order valence-electron chi connectivity index (χ2n) is 8.65. The van der Waals surface area contributed by atoms with Gasteiger partial charge in [0.1, 0.15) is 6.04 Å². The summed E-state index contributed by atoms with van der Waals surface area (Å²) in [5.41, 5.74) is 1.50. The summed E-state index contributed by atoms with van der Waals surface area (Å²) in [5.74, 6) is -1.25. The minimum atomic E-state index is -4.51. The maximum absolute atomic E-state index is 13.5. The Balaban J connectivity index is 2.22. The van der Waals surface area contributed by atoms with E-state index in [9.17, 15) is 28.0 Å². The molecule has 38 heavy (non-hydrogen) atoms. The van der Waals surface area contributed by atoms with Crippen LogP contribution in [0.3, 0.4) is 0 Å². The largest absolute Gasteiger partial charge is 0.463 e. The summed E-state index contributed by atoms with van der Waals surface area (Å²) < 4.78 is 46.0. The molecule has 2 unspecified atom stereocenters. The summed E-state index contributed by atoms with van der Waals surface area (Å²) in [6.07, 6.45) is -3.74. The number of ether oxygens (including phenoxy) is 1. The van der Waals surface area contributed by atoms with Crippen LogP contribution in [0.15, 0.2) is 64.7 Å². The average molecular weight is 544 g/mol. The van der Waals surface area contributed by atoms with Gasteiger partial charge in [0.15, 0.2) is 0 Å². The number of carbonyl (C=O) groups is 2. The molecule has 3 rings (SSSR count). The van der Waals surface area contributed by atoms with Crippen LogP contribution in [0.5, 0.6) is 0 Å². The normalized spacial score (nSPS) is 18.1. The van der Waals surface area contributed by atoms with Gasteiger partial charge in [-0.2, -0.15) is 18.4 Å². The van der Waals surface area contributed by atoms with Crippen molar-refractivity contribution < 1.29 is 27.5 Å². The van der Waals surface area contributed by atoms with E-state index in [4.69, 9.17) is 9.73 Å². The molecule has 1 heterocycles. The van der Waals surface area contributed by atoms with Gasteiger partial charge in [0, 0.05) is 13.0 Å². The van der Waals surface area contributed by atoms with Crippen molar-refractivity contribution in [2.75, 3.05) is 19.4 Å². The van der Waals surface area contributed by atoms with E-state index in [0.29, 0.717) is 40.1 Å². The van der Waals surface area contributed by atoms with Crippen molar-refractivity contribution in [2.45, 2.75) is 44.8 Å². The first-order chi connectivity index (χ1) is 18.1. The van der Waals surface area contributed by atoms with Gasteiger partial charge < -0.3 is 10.1 Å². The number of halogens is 3. The summed E-state index contributed by atoms with van der Waals surface area (Å²) in [5, 5.41) is 12.4. The molecule has 0 saturated heterocycles. The number of hydrogen-bond acceptors (Lipinski definition) is 6. The summed E-state index contributed by atoms with van der Waals surface area (Å²) in [6, 6.07) is 13.0. The SMILES string of the molecule is CCOC(=O)C1=C(C)C(c2cccc(C(F)(F)F)c2)CCC(SCC(=O)NC)=NC1c1ccc(C#N)cc1. The van der Waals surface area contributed by atoms with E-state index in [-0.39, 0.29) is 23.8 Å². The van der Waals surface area contributed by atoms with Crippen molar-refractivity contribution in [3.63, 3.8) is 0 Å². The van der Waals surface area contributed by atoms with Crippen LogP contribution in [-0.2, 0) is 20.5 Å². The average Bonchev–Trinajstić information content (AvgIpc) is 2.89. The topological polar surface area (TPSA) is 91.6 Å². The van der Waals surface area contributed by atoms with Gasteiger partial charge in [-0.1, -0.05) is 35.9 Å². The van der Waals surface area contributed by atoms with Crippen LogP contribution in [0.25, 0.3) is 0 Å². The quantitative estimate of drug-likeness (QED) is 0.455. The molecule has 0 radical (unpaired) electrons. The summed E-state index contributed by atoms with van der Waals surface area (Å²) in [6.45, 7) is 3.50. The Morgan fingerprint density at radius 2 is 1.89 bits per heavy atom.